The summed E-state index contributed by atoms with van der Waals surface area (Å²) in [5, 5.41) is 0. The Bertz CT molecular complexity index is 580. The van der Waals surface area contributed by atoms with E-state index in [9.17, 15) is 0 Å². The third-order valence-electron chi connectivity index (χ3n) is 4.50. The second kappa shape index (κ2) is 8.43. The molecule has 1 fully saturated rings. The molecule has 24 heavy (non-hydrogen) atoms. The average molecular weight is 361 g/mol. The molecule has 0 N–H and O–H groups in total. The Morgan fingerprint density at radius 2 is 1.17 bits per heavy atom. The van der Waals surface area contributed by atoms with Crippen molar-refractivity contribution in [2.24, 2.45) is 5.41 Å². The van der Waals surface area contributed by atoms with Crippen molar-refractivity contribution in [1.82, 2.24) is 0 Å². The monoisotopic (exact) mass is 360 g/mol. The number of hydrogen-bond donors (Lipinski definition) is 0. The zero-order valence-electron chi connectivity index (χ0n) is 14.3. The molecule has 1 aliphatic rings. The molecule has 3 rings (SSSR count). The van der Waals surface area contributed by atoms with Crippen molar-refractivity contribution in [3.8, 4) is 0 Å². The van der Waals surface area contributed by atoms with Gasteiger partial charge in [-0.15, -0.1) is 0 Å². The first-order valence-electron chi connectivity index (χ1n) is 8.38. The smallest absolute Gasteiger partial charge is 0.0697 e. The largest absolute Gasteiger partial charge is 0.310 e. The molecule has 0 atom stereocenters. The highest BCUT2D eigenvalue weighted by atomic mass is 32.2. The van der Waals surface area contributed by atoms with E-state index in [0.717, 1.165) is 23.0 Å². The summed E-state index contributed by atoms with van der Waals surface area (Å²) >= 11 is 2.95. The highest BCUT2D eigenvalue weighted by Crippen LogP contribution is 2.43. The summed E-state index contributed by atoms with van der Waals surface area (Å²) in [6.07, 6.45) is 3.66. The Hall–Kier alpha value is -0.940. The van der Waals surface area contributed by atoms with Crippen LogP contribution in [0.15, 0.2) is 58.3 Å². The van der Waals surface area contributed by atoms with E-state index in [-0.39, 0.29) is 5.41 Å². The number of benzene rings is 2. The molecular formula is C20H24O2S2. The molecule has 2 nitrogen and oxygen atoms in total. The third-order valence-corrected chi connectivity index (χ3v) is 5.90. The van der Waals surface area contributed by atoms with Crippen molar-refractivity contribution < 1.29 is 8.37 Å². The van der Waals surface area contributed by atoms with Gasteiger partial charge in [-0.25, -0.2) is 0 Å². The summed E-state index contributed by atoms with van der Waals surface area (Å²) in [5.41, 5.74) is 2.74. The second-order valence-corrected chi connectivity index (χ2v) is 8.42. The molecular weight excluding hydrogens is 336 g/mol. The van der Waals surface area contributed by atoms with Gasteiger partial charge in [-0.2, -0.15) is 0 Å². The molecule has 0 radical (unpaired) electrons. The molecule has 2 aromatic rings. The molecule has 0 heterocycles. The zero-order chi connectivity index (χ0) is 16.8. The van der Waals surface area contributed by atoms with E-state index in [1.807, 2.05) is 0 Å². The second-order valence-electron chi connectivity index (χ2n) is 6.67. The Balaban J connectivity index is 1.42. The van der Waals surface area contributed by atoms with Crippen molar-refractivity contribution in [3.63, 3.8) is 0 Å². The highest BCUT2D eigenvalue weighted by Gasteiger charge is 2.38. The van der Waals surface area contributed by atoms with Gasteiger partial charge in [0.1, 0.15) is 0 Å². The van der Waals surface area contributed by atoms with Crippen molar-refractivity contribution in [2.45, 2.75) is 42.9 Å². The van der Waals surface area contributed by atoms with Crippen LogP contribution >= 0.6 is 24.1 Å². The first kappa shape index (κ1) is 17.9. The lowest BCUT2D eigenvalue weighted by Gasteiger charge is -2.40. The van der Waals surface area contributed by atoms with Crippen LogP contribution in [-0.2, 0) is 8.37 Å². The molecule has 0 spiro atoms. The summed E-state index contributed by atoms with van der Waals surface area (Å²) in [5.74, 6) is 0. The minimum atomic E-state index is 0.190. The first-order valence-corrected chi connectivity index (χ1v) is 9.86. The van der Waals surface area contributed by atoms with Gasteiger partial charge in [0.15, 0.2) is 0 Å². The van der Waals surface area contributed by atoms with Gasteiger partial charge in [0.25, 0.3) is 0 Å². The third kappa shape index (κ3) is 5.03. The van der Waals surface area contributed by atoms with Crippen LogP contribution in [0.3, 0.4) is 0 Å². The number of hydrogen-bond acceptors (Lipinski definition) is 4. The number of aryl methyl sites for hydroxylation is 2. The maximum Gasteiger partial charge on any atom is 0.0697 e. The molecule has 0 aliphatic heterocycles. The Morgan fingerprint density at radius 3 is 1.50 bits per heavy atom. The van der Waals surface area contributed by atoms with E-state index in [0.29, 0.717) is 0 Å². The van der Waals surface area contributed by atoms with Gasteiger partial charge in [-0.05, 0) is 51.0 Å². The Labute approximate surface area is 153 Å². The molecule has 1 saturated carbocycles. The fraction of sp³-hybridized carbons (Fsp3) is 0.400. The lowest BCUT2D eigenvalue weighted by Crippen LogP contribution is -2.37. The van der Waals surface area contributed by atoms with E-state index in [1.54, 1.807) is 0 Å². The van der Waals surface area contributed by atoms with E-state index < -0.39 is 0 Å². The minimum absolute atomic E-state index is 0.190. The molecule has 1 aliphatic carbocycles. The van der Waals surface area contributed by atoms with E-state index in [2.05, 4.69) is 62.4 Å². The van der Waals surface area contributed by atoms with Crippen LogP contribution < -0.4 is 0 Å². The predicted octanol–water partition coefficient (Wildman–Crippen LogP) is 6.22. The van der Waals surface area contributed by atoms with Crippen LogP contribution in [0.25, 0.3) is 0 Å². The van der Waals surface area contributed by atoms with Crippen molar-refractivity contribution in [1.29, 1.82) is 0 Å². The van der Waals surface area contributed by atoms with Crippen molar-refractivity contribution in [2.75, 3.05) is 13.2 Å². The quantitative estimate of drug-likeness (QED) is 0.520. The van der Waals surface area contributed by atoms with Gasteiger partial charge >= 0.3 is 0 Å². The normalized spacial score (nSPS) is 15.9. The molecule has 0 unspecified atom stereocenters. The lowest BCUT2D eigenvalue weighted by molar-refractivity contribution is 0.0239. The average Bonchev–Trinajstić information content (AvgIpc) is 2.55. The Kier molecular flexibility index (Phi) is 6.28. The van der Waals surface area contributed by atoms with Crippen LogP contribution in [0.5, 0.6) is 0 Å². The Morgan fingerprint density at radius 1 is 0.750 bits per heavy atom. The summed E-state index contributed by atoms with van der Waals surface area (Å²) in [6.45, 7) is 5.70. The van der Waals surface area contributed by atoms with E-state index in [1.165, 1.54) is 54.5 Å². The molecule has 0 amide bonds. The fourth-order valence-electron chi connectivity index (χ4n) is 2.64. The highest BCUT2D eigenvalue weighted by molar-refractivity contribution is 7.95. The zero-order valence-corrected chi connectivity index (χ0v) is 15.9. The SMILES string of the molecule is Cc1ccc(SOCC2(COSc3ccc(C)cc3)CCC2)cc1. The van der Waals surface area contributed by atoms with Gasteiger partial charge in [0, 0.05) is 39.3 Å². The van der Waals surface area contributed by atoms with Crippen molar-refractivity contribution in [3.05, 3.63) is 59.7 Å². The lowest BCUT2D eigenvalue weighted by atomic mass is 9.70. The summed E-state index contributed by atoms with van der Waals surface area (Å²) in [6, 6.07) is 16.9. The molecule has 2 aromatic carbocycles. The molecule has 0 bridgehead atoms. The molecule has 4 heteroatoms. The van der Waals surface area contributed by atoms with Crippen LogP contribution in [0.2, 0.25) is 0 Å². The summed E-state index contributed by atoms with van der Waals surface area (Å²) in [4.78, 5) is 2.31. The van der Waals surface area contributed by atoms with E-state index in [4.69, 9.17) is 8.37 Å². The number of rotatable bonds is 8. The van der Waals surface area contributed by atoms with Crippen LogP contribution in [0.4, 0.5) is 0 Å². The maximum absolute atomic E-state index is 5.91. The minimum Gasteiger partial charge on any atom is -0.310 e. The van der Waals surface area contributed by atoms with Crippen LogP contribution in [0.1, 0.15) is 30.4 Å². The van der Waals surface area contributed by atoms with Crippen LogP contribution in [0, 0.1) is 19.3 Å². The molecule has 0 saturated heterocycles. The summed E-state index contributed by atoms with van der Waals surface area (Å²) in [7, 11) is 0. The maximum atomic E-state index is 5.91. The van der Waals surface area contributed by atoms with E-state index >= 15 is 0 Å². The van der Waals surface area contributed by atoms with Gasteiger partial charge in [-0.1, -0.05) is 41.8 Å². The summed E-state index contributed by atoms with van der Waals surface area (Å²) < 4.78 is 11.8. The van der Waals surface area contributed by atoms with Gasteiger partial charge in [-0.3, -0.25) is 0 Å². The van der Waals surface area contributed by atoms with Gasteiger partial charge in [0.05, 0.1) is 13.2 Å². The molecule has 128 valence electrons. The van der Waals surface area contributed by atoms with Gasteiger partial charge in [0.2, 0.25) is 0 Å². The topological polar surface area (TPSA) is 18.5 Å². The van der Waals surface area contributed by atoms with Gasteiger partial charge < -0.3 is 8.37 Å². The first-order chi connectivity index (χ1) is 11.7. The predicted molar refractivity (Wildman–Crippen MR) is 102 cm³/mol. The molecule has 0 aromatic heterocycles. The van der Waals surface area contributed by atoms with Crippen molar-refractivity contribution >= 4 is 24.1 Å². The fourth-order valence-corrected chi connectivity index (χ4v) is 4.02. The van der Waals surface area contributed by atoms with Crippen LogP contribution in [-0.4, -0.2) is 13.2 Å². The standard InChI is InChI=1S/C20H24O2S2/c1-16-4-8-18(9-5-16)23-21-14-20(12-3-13-20)15-22-24-19-10-6-17(2)7-11-19/h4-11H,3,12-15H2,1-2H3.